The Balaban J connectivity index is 0.000000980. The first-order valence-corrected chi connectivity index (χ1v) is 5.49. The van der Waals surface area contributed by atoms with Crippen LogP contribution in [0.5, 0.6) is 0 Å². The molecule has 70 valence electrons. The van der Waals surface area contributed by atoms with Gasteiger partial charge in [0.15, 0.2) is 0 Å². The molecule has 0 N–H and O–H groups in total. The molecule has 0 spiro atoms. The third-order valence-electron chi connectivity index (χ3n) is 2.54. The molecule has 0 radical (unpaired) electrons. The molecule has 1 aromatic rings. The van der Waals surface area contributed by atoms with Gasteiger partial charge in [-0.25, -0.2) is 0 Å². The molecule has 0 bridgehead atoms. The Kier molecular flexibility index (Phi) is 5.13. The summed E-state index contributed by atoms with van der Waals surface area (Å²) < 4.78 is 5.22. The minimum atomic E-state index is 0. The van der Waals surface area contributed by atoms with Crippen LogP contribution in [0, 0.1) is 0 Å². The van der Waals surface area contributed by atoms with Gasteiger partial charge < -0.3 is 4.43 Å². The fourth-order valence-corrected chi connectivity index (χ4v) is 2.06. The van der Waals surface area contributed by atoms with Crippen molar-refractivity contribution in [1.29, 1.82) is 0 Å². The SMILES string of the molecule is [NaH].[SiH3]OCCC1C=Cc2ccccc21. The van der Waals surface area contributed by atoms with Crippen molar-refractivity contribution in [3.63, 3.8) is 0 Å². The van der Waals surface area contributed by atoms with E-state index in [0.29, 0.717) is 5.92 Å². The maximum atomic E-state index is 5.22. The average Bonchev–Trinajstić information content (AvgIpc) is 2.58. The Bertz CT molecular complexity index is 325. The van der Waals surface area contributed by atoms with Crippen LogP contribution in [0.4, 0.5) is 0 Å². The van der Waals surface area contributed by atoms with Crippen LogP contribution in [0.25, 0.3) is 6.08 Å². The van der Waals surface area contributed by atoms with E-state index in [9.17, 15) is 0 Å². The molecule has 0 aromatic heterocycles. The minimum absolute atomic E-state index is 0. The molecule has 1 aliphatic rings. The van der Waals surface area contributed by atoms with Crippen molar-refractivity contribution in [2.45, 2.75) is 12.3 Å². The molecular weight excluding hydrogens is 199 g/mol. The maximum absolute atomic E-state index is 5.22. The van der Waals surface area contributed by atoms with Gasteiger partial charge >= 0.3 is 29.6 Å². The minimum Gasteiger partial charge on any atom is -0.428 e. The Hall–Kier alpha value is 0.137. The zero-order valence-corrected chi connectivity index (χ0v) is 9.86. The van der Waals surface area contributed by atoms with E-state index in [1.165, 1.54) is 11.1 Å². The molecule has 0 saturated carbocycles. The van der Waals surface area contributed by atoms with E-state index in [0.717, 1.165) is 23.5 Å². The third-order valence-corrected chi connectivity index (χ3v) is 2.94. The largest absolute Gasteiger partial charge is 0.428 e. The van der Waals surface area contributed by atoms with Gasteiger partial charge in [-0.1, -0.05) is 36.4 Å². The first-order chi connectivity index (χ1) is 6.42. The number of allylic oxidation sites excluding steroid dienone is 1. The summed E-state index contributed by atoms with van der Waals surface area (Å²) in [7, 11) is 0.852. The van der Waals surface area contributed by atoms with Crippen LogP contribution in [-0.2, 0) is 4.43 Å². The molecule has 0 heterocycles. The summed E-state index contributed by atoms with van der Waals surface area (Å²) in [5.74, 6) is 0.588. The Morgan fingerprint density at radius 3 is 2.86 bits per heavy atom. The van der Waals surface area contributed by atoms with E-state index < -0.39 is 0 Å². The number of benzene rings is 1. The second kappa shape index (κ2) is 5.88. The first-order valence-electron chi connectivity index (χ1n) is 4.68. The Morgan fingerprint density at radius 1 is 1.29 bits per heavy atom. The number of fused-ring (bicyclic) bond motifs is 1. The van der Waals surface area contributed by atoms with Crippen LogP contribution in [0.3, 0.4) is 0 Å². The summed E-state index contributed by atoms with van der Waals surface area (Å²) in [5.41, 5.74) is 2.84. The van der Waals surface area contributed by atoms with Crippen LogP contribution in [-0.4, -0.2) is 46.7 Å². The molecule has 2 rings (SSSR count). The number of hydrogen-bond donors (Lipinski definition) is 0. The number of rotatable bonds is 3. The summed E-state index contributed by atoms with van der Waals surface area (Å²) >= 11 is 0. The summed E-state index contributed by atoms with van der Waals surface area (Å²) in [5, 5.41) is 0. The molecule has 1 atom stereocenters. The maximum Gasteiger partial charge on any atom is 0.145 e. The van der Waals surface area contributed by atoms with E-state index >= 15 is 0 Å². The predicted molar refractivity (Wildman–Crippen MR) is 65.9 cm³/mol. The van der Waals surface area contributed by atoms with Gasteiger partial charge in [-0.3, -0.25) is 0 Å². The number of hydrogen-bond acceptors (Lipinski definition) is 1. The zero-order valence-electron chi connectivity index (χ0n) is 7.86. The van der Waals surface area contributed by atoms with Crippen molar-refractivity contribution in [3.05, 3.63) is 41.5 Å². The van der Waals surface area contributed by atoms with Gasteiger partial charge in [0.05, 0.1) is 0 Å². The van der Waals surface area contributed by atoms with Crippen LogP contribution in [0.15, 0.2) is 30.3 Å². The van der Waals surface area contributed by atoms with Gasteiger partial charge in [0.1, 0.15) is 10.5 Å². The fraction of sp³-hybridized carbons (Fsp3) is 0.273. The van der Waals surface area contributed by atoms with Crippen LogP contribution in [0.2, 0.25) is 0 Å². The predicted octanol–water partition coefficient (Wildman–Crippen LogP) is 0.836. The second-order valence-corrected chi connectivity index (χ2v) is 3.95. The summed E-state index contributed by atoms with van der Waals surface area (Å²) in [6.07, 6.45) is 5.62. The van der Waals surface area contributed by atoms with E-state index in [2.05, 4.69) is 36.4 Å². The molecule has 3 heteroatoms. The summed E-state index contributed by atoms with van der Waals surface area (Å²) in [6.45, 7) is 0.898. The second-order valence-electron chi connectivity index (χ2n) is 3.38. The Labute approximate surface area is 110 Å². The smallest absolute Gasteiger partial charge is 0.145 e. The van der Waals surface area contributed by atoms with Crippen LogP contribution in [0.1, 0.15) is 23.5 Å². The average molecular weight is 214 g/mol. The summed E-state index contributed by atoms with van der Waals surface area (Å²) in [4.78, 5) is 0. The zero-order chi connectivity index (χ0) is 9.10. The molecule has 0 aliphatic heterocycles. The molecule has 0 saturated heterocycles. The van der Waals surface area contributed by atoms with Crippen molar-refractivity contribution >= 4 is 46.1 Å². The van der Waals surface area contributed by atoms with Crippen molar-refractivity contribution < 1.29 is 4.43 Å². The van der Waals surface area contributed by atoms with Crippen molar-refractivity contribution in [3.8, 4) is 0 Å². The topological polar surface area (TPSA) is 9.23 Å². The van der Waals surface area contributed by atoms with Gasteiger partial charge in [0.2, 0.25) is 0 Å². The van der Waals surface area contributed by atoms with Crippen molar-refractivity contribution in [2.24, 2.45) is 0 Å². The molecule has 1 aromatic carbocycles. The standard InChI is InChI=1S/C11H14OSi.Na.H/c13-12-8-7-10-6-5-9-3-1-2-4-11(9)10;;/h1-6,10H,7-8H2,13H3;;. The molecule has 1 nitrogen and oxygen atoms in total. The van der Waals surface area contributed by atoms with Crippen molar-refractivity contribution in [1.82, 2.24) is 0 Å². The molecule has 0 fully saturated rings. The van der Waals surface area contributed by atoms with E-state index in [1.54, 1.807) is 0 Å². The van der Waals surface area contributed by atoms with Gasteiger partial charge in [-0.2, -0.15) is 0 Å². The Morgan fingerprint density at radius 2 is 2.07 bits per heavy atom. The van der Waals surface area contributed by atoms with Gasteiger partial charge in [0, 0.05) is 12.5 Å². The molecule has 0 amide bonds. The first kappa shape index (κ1) is 12.2. The fourth-order valence-electron chi connectivity index (χ4n) is 1.82. The van der Waals surface area contributed by atoms with Crippen LogP contribution < -0.4 is 0 Å². The van der Waals surface area contributed by atoms with Crippen LogP contribution >= 0.6 is 0 Å². The van der Waals surface area contributed by atoms with E-state index in [-0.39, 0.29) is 29.6 Å². The van der Waals surface area contributed by atoms with Gasteiger partial charge in [-0.05, 0) is 17.5 Å². The molecule has 14 heavy (non-hydrogen) atoms. The molecule has 1 aliphatic carbocycles. The van der Waals surface area contributed by atoms with Gasteiger partial charge in [0.25, 0.3) is 0 Å². The van der Waals surface area contributed by atoms with Crippen molar-refractivity contribution in [2.75, 3.05) is 6.61 Å². The third kappa shape index (κ3) is 2.58. The molecular formula is C11H15NaOSi. The van der Waals surface area contributed by atoms with E-state index in [1.807, 2.05) is 0 Å². The summed E-state index contributed by atoms with van der Waals surface area (Å²) in [6, 6.07) is 8.59. The quantitative estimate of drug-likeness (QED) is 0.677. The molecule has 1 unspecified atom stereocenters. The normalized spacial score (nSPS) is 17.9. The monoisotopic (exact) mass is 214 g/mol. The van der Waals surface area contributed by atoms with Gasteiger partial charge in [-0.15, -0.1) is 0 Å². The van der Waals surface area contributed by atoms with E-state index in [4.69, 9.17) is 4.43 Å².